The number of anilines is 2. The molecule has 0 bridgehead atoms. The van der Waals surface area contributed by atoms with Crippen molar-refractivity contribution >= 4 is 39.6 Å². The topological polar surface area (TPSA) is 110 Å². The van der Waals surface area contributed by atoms with Gasteiger partial charge in [0.2, 0.25) is 11.9 Å². The summed E-state index contributed by atoms with van der Waals surface area (Å²) in [6, 6.07) is 16.6. The number of para-hydroxylation sites is 1. The minimum absolute atomic E-state index is 0.0289. The van der Waals surface area contributed by atoms with Gasteiger partial charge in [-0.05, 0) is 23.6 Å². The van der Waals surface area contributed by atoms with Gasteiger partial charge in [-0.3, -0.25) is 4.79 Å². The van der Waals surface area contributed by atoms with Crippen molar-refractivity contribution in [3.05, 3.63) is 59.7 Å². The molecule has 0 saturated carbocycles. The summed E-state index contributed by atoms with van der Waals surface area (Å²) in [4.78, 5) is 20.6. The number of nitrogen functional groups attached to an aromatic ring is 1. The van der Waals surface area contributed by atoms with E-state index in [-0.39, 0.29) is 11.9 Å². The zero-order valence-electron chi connectivity index (χ0n) is 19.2. The van der Waals surface area contributed by atoms with Crippen LogP contribution in [0.5, 0.6) is 0 Å². The average molecular weight is 446 g/mol. The number of carbonyl (C=O) groups is 1. The molecule has 0 aliphatic carbocycles. The lowest BCUT2D eigenvalue weighted by Gasteiger charge is -2.13. The Morgan fingerprint density at radius 2 is 1.91 bits per heavy atom. The van der Waals surface area contributed by atoms with E-state index in [1.54, 1.807) is 7.05 Å². The standard InChI is InChI=1S/C25H31N7O/c1-3-4-12-29-24-23-22(30-25(26)31-24)19-10-5-6-11-20(19)32(23)16-18-9-7-8-17(13-18)14-28-15-21(33)27-2/h5-11,13,28H,3-4,12,14-16H2,1-2H3,(H,27,33)(H3,26,29,30,31). The van der Waals surface area contributed by atoms with E-state index in [4.69, 9.17) is 5.73 Å². The number of nitrogens with one attached hydrogen (secondary N) is 3. The number of hydrogen-bond donors (Lipinski definition) is 4. The highest BCUT2D eigenvalue weighted by Crippen LogP contribution is 2.33. The van der Waals surface area contributed by atoms with Gasteiger partial charge in [0.25, 0.3) is 0 Å². The molecule has 4 aromatic rings. The summed E-state index contributed by atoms with van der Waals surface area (Å²) in [7, 11) is 1.64. The van der Waals surface area contributed by atoms with Crippen LogP contribution in [0.4, 0.5) is 11.8 Å². The van der Waals surface area contributed by atoms with Crippen molar-refractivity contribution in [1.29, 1.82) is 0 Å². The fraction of sp³-hybridized carbons (Fsp3) is 0.320. The second-order valence-corrected chi connectivity index (χ2v) is 8.11. The zero-order chi connectivity index (χ0) is 23.2. The van der Waals surface area contributed by atoms with Crippen LogP contribution in [-0.4, -0.2) is 40.6 Å². The molecule has 172 valence electrons. The highest BCUT2D eigenvalue weighted by molar-refractivity contribution is 6.09. The minimum Gasteiger partial charge on any atom is -0.368 e. The SMILES string of the molecule is CCCCNc1nc(N)nc2c3ccccc3n(Cc3cccc(CNCC(=O)NC)c3)c12. The monoisotopic (exact) mass is 445 g/mol. The van der Waals surface area contributed by atoms with Crippen LogP contribution < -0.4 is 21.7 Å². The summed E-state index contributed by atoms with van der Waals surface area (Å²) in [6.45, 7) is 4.58. The van der Waals surface area contributed by atoms with Crippen LogP contribution in [-0.2, 0) is 17.9 Å². The van der Waals surface area contributed by atoms with Gasteiger partial charge in [0, 0.05) is 32.1 Å². The first-order valence-corrected chi connectivity index (χ1v) is 11.4. The summed E-state index contributed by atoms with van der Waals surface area (Å²) < 4.78 is 2.26. The third-order valence-electron chi connectivity index (χ3n) is 5.67. The minimum atomic E-state index is -0.0289. The van der Waals surface area contributed by atoms with Gasteiger partial charge in [-0.15, -0.1) is 0 Å². The molecule has 0 unspecified atom stereocenters. The van der Waals surface area contributed by atoms with E-state index in [1.165, 1.54) is 0 Å². The van der Waals surface area contributed by atoms with E-state index in [0.29, 0.717) is 19.6 Å². The smallest absolute Gasteiger partial charge is 0.233 e. The van der Waals surface area contributed by atoms with Crippen LogP contribution >= 0.6 is 0 Å². The van der Waals surface area contributed by atoms with E-state index in [0.717, 1.165) is 58.3 Å². The number of aromatic nitrogens is 3. The molecule has 2 aromatic heterocycles. The van der Waals surface area contributed by atoms with E-state index in [2.05, 4.69) is 73.8 Å². The van der Waals surface area contributed by atoms with Gasteiger partial charge < -0.3 is 26.3 Å². The highest BCUT2D eigenvalue weighted by Gasteiger charge is 2.17. The maximum absolute atomic E-state index is 11.5. The number of nitrogens with two attached hydrogens (primary N) is 1. The van der Waals surface area contributed by atoms with E-state index in [1.807, 2.05) is 12.1 Å². The first kappa shape index (κ1) is 22.5. The molecule has 5 N–H and O–H groups in total. The Morgan fingerprint density at radius 1 is 1.09 bits per heavy atom. The second kappa shape index (κ2) is 10.3. The molecule has 0 aliphatic heterocycles. The lowest BCUT2D eigenvalue weighted by molar-refractivity contribution is -0.119. The van der Waals surface area contributed by atoms with Gasteiger partial charge in [0.1, 0.15) is 11.0 Å². The maximum Gasteiger partial charge on any atom is 0.233 e. The summed E-state index contributed by atoms with van der Waals surface area (Å²) >= 11 is 0. The highest BCUT2D eigenvalue weighted by atomic mass is 16.1. The Hall–Kier alpha value is -3.65. The number of benzene rings is 2. The molecule has 33 heavy (non-hydrogen) atoms. The van der Waals surface area contributed by atoms with Crippen molar-refractivity contribution in [3.8, 4) is 0 Å². The van der Waals surface area contributed by atoms with Crippen LogP contribution in [0.1, 0.15) is 30.9 Å². The summed E-state index contributed by atoms with van der Waals surface area (Å²) in [5, 5.41) is 10.3. The molecule has 0 saturated heterocycles. The largest absolute Gasteiger partial charge is 0.368 e. The van der Waals surface area contributed by atoms with Crippen molar-refractivity contribution in [2.24, 2.45) is 0 Å². The summed E-state index contributed by atoms with van der Waals surface area (Å²) in [5.41, 5.74) is 11.3. The van der Waals surface area contributed by atoms with E-state index < -0.39 is 0 Å². The molecule has 0 aliphatic rings. The molecular formula is C25H31N7O. The number of fused-ring (bicyclic) bond motifs is 3. The Kier molecular flexibility index (Phi) is 7.04. The molecule has 0 fully saturated rings. The Morgan fingerprint density at radius 3 is 2.73 bits per heavy atom. The molecule has 0 spiro atoms. The molecular weight excluding hydrogens is 414 g/mol. The molecule has 1 amide bonds. The third kappa shape index (κ3) is 5.06. The van der Waals surface area contributed by atoms with E-state index in [9.17, 15) is 4.79 Å². The number of hydrogen-bond acceptors (Lipinski definition) is 6. The van der Waals surface area contributed by atoms with Crippen LogP contribution in [0.2, 0.25) is 0 Å². The Bertz CT molecular complexity index is 1260. The number of likely N-dealkylation sites (N-methyl/N-ethyl adjacent to an activating group) is 1. The van der Waals surface area contributed by atoms with Gasteiger partial charge in [0.05, 0.1) is 12.1 Å². The van der Waals surface area contributed by atoms with Crippen molar-refractivity contribution in [1.82, 2.24) is 25.2 Å². The predicted molar refractivity (Wildman–Crippen MR) is 134 cm³/mol. The first-order valence-electron chi connectivity index (χ1n) is 11.4. The van der Waals surface area contributed by atoms with Crippen molar-refractivity contribution < 1.29 is 4.79 Å². The van der Waals surface area contributed by atoms with Crippen molar-refractivity contribution in [2.75, 3.05) is 31.2 Å². The molecule has 8 nitrogen and oxygen atoms in total. The van der Waals surface area contributed by atoms with E-state index >= 15 is 0 Å². The van der Waals surface area contributed by atoms with Gasteiger partial charge in [0.15, 0.2) is 5.82 Å². The summed E-state index contributed by atoms with van der Waals surface area (Å²) in [6.07, 6.45) is 2.15. The number of nitrogens with zero attached hydrogens (tertiary/aromatic N) is 3. The fourth-order valence-corrected chi connectivity index (χ4v) is 4.05. The quantitative estimate of drug-likeness (QED) is 0.279. The van der Waals surface area contributed by atoms with Gasteiger partial charge in [-0.1, -0.05) is 55.8 Å². The predicted octanol–water partition coefficient (Wildman–Crippen LogP) is 3.26. The van der Waals surface area contributed by atoms with Crippen LogP contribution in [0.15, 0.2) is 48.5 Å². The van der Waals surface area contributed by atoms with Crippen LogP contribution in [0.3, 0.4) is 0 Å². The van der Waals surface area contributed by atoms with Crippen molar-refractivity contribution in [2.45, 2.75) is 32.9 Å². The van der Waals surface area contributed by atoms with Crippen LogP contribution in [0, 0.1) is 0 Å². The Balaban J connectivity index is 1.71. The van der Waals surface area contributed by atoms with Crippen molar-refractivity contribution in [3.63, 3.8) is 0 Å². The molecule has 2 heterocycles. The third-order valence-corrected chi connectivity index (χ3v) is 5.67. The van der Waals surface area contributed by atoms with Crippen LogP contribution in [0.25, 0.3) is 21.9 Å². The average Bonchev–Trinajstić information content (AvgIpc) is 3.13. The lowest BCUT2D eigenvalue weighted by Crippen LogP contribution is -2.30. The second-order valence-electron chi connectivity index (χ2n) is 8.11. The Labute approximate surface area is 193 Å². The lowest BCUT2D eigenvalue weighted by atomic mass is 10.1. The van der Waals surface area contributed by atoms with Gasteiger partial charge in [-0.25, -0.2) is 4.98 Å². The molecule has 8 heteroatoms. The normalized spacial score (nSPS) is 11.2. The molecule has 4 rings (SSSR count). The maximum atomic E-state index is 11.5. The number of amides is 1. The number of carbonyl (C=O) groups excluding carboxylic acids is 1. The zero-order valence-corrected chi connectivity index (χ0v) is 19.2. The number of rotatable bonds is 10. The molecule has 0 radical (unpaired) electrons. The number of unbranched alkanes of at least 4 members (excludes halogenated alkanes) is 1. The molecule has 0 atom stereocenters. The van der Waals surface area contributed by atoms with Gasteiger partial charge in [-0.2, -0.15) is 4.98 Å². The molecule has 2 aromatic carbocycles. The first-order chi connectivity index (χ1) is 16.1. The summed E-state index contributed by atoms with van der Waals surface area (Å²) in [5.74, 6) is 1.01. The van der Waals surface area contributed by atoms with Gasteiger partial charge >= 0.3 is 0 Å². The fourth-order valence-electron chi connectivity index (χ4n) is 4.05.